The molecule has 1 aromatic heterocycles. The second-order valence-corrected chi connectivity index (χ2v) is 6.41. The van der Waals surface area contributed by atoms with E-state index in [0.29, 0.717) is 10.8 Å². The van der Waals surface area contributed by atoms with Crippen LogP contribution in [0.5, 0.6) is 0 Å². The van der Waals surface area contributed by atoms with E-state index in [4.69, 9.17) is 4.74 Å². The summed E-state index contributed by atoms with van der Waals surface area (Å²) in [6, 6.07) is 5.72. The van der Waals surface area contributed by atoms with Crippen LogP contribution in [0, 0.1) is 13.8 Å². The minimum Gasteiger partial charge on any atom is -0.462 e. The molecule has 0 radical (unpaired) electrons. The van der Waals surface area contributed by atoms with Crippen LogP contribution in [-0.2, 0) is 16.1 Å². The molecule has 0 saturated carbocycles. The van der Waals surface area contributed by atoms with Gasteiger partial charge in [-0.15, -0.1) is 0 Å². The Hall–Kier alpha value is -2.61. The number of hydrogen-bond donors (Lipinski definition) is 1. The number of nitrogens with zero attached hydrogens (tertiary/aromatic N) is 2. The average Bonchev–Trinajstić information content (AvgIpc) is 2.60. The molecule has 1 aromatic carbocycles. The molecule has 0 unspecified atom stereocenters. The first kappa shape index (κ1) is 19.7. The lowest BCUT2D eigenvalue weighted by Gasteiger charge is -2.13. The highest BCUT2D eigenvalue weighted by Gasteiger charge is 2.19. The van der Waals surface area contributed by atoms with Crippen molar-refractivity contribution in [2.24, 2.45) is 0 Å². The van der Waals surface area contributed by atoms with Crippen molar-refractivity contribution in [3.63, 3.8) is 0 Å². The molecule has 0 atom stereocenters. The maximum Gasteiger partial charge on any atom is 0.345 e. The van der Waals surface area contributed by atoms with Crippen molar-refractivity contribution < 1.29 is 14.3 Å². The van der Waals surface area contributed by atoms with Gasteiger partial charge in [0.2, 0.25) is 5.91 Å². The SMILES string of the molecule is CCOC(=O)c1cnc(SC)n(CC(=O)Nc2cc(C)ccc2C)c1=O. The average molecular weight is 375 g/mol. The van der Waals surface area contributed by atoms with Crippen molar-refractivity contribution in [2.45, 2.75) is 32.5 Å². The molecule has 7 nitrogen and oxygen atoms in total. The van der Waals surface area contributed by atoms with E-state index in [0.717, 1.165) is 11.1 Å². The number of carbonyl (C=O) groups is 2. The summed E-state index contributed by atoms with van der Waals surface area (Å²) in [4.78, 5) is 41.0. The van der Waals surface area contributed by atoms with E-state index < -0.39 is 11.5 Å². The molecule has 2 aromatic rings. The van der Waals surface area contributed by atoms with E-state index in [2.05, 4.69) is 10.3 Å². The number of anilines is 1. The summed E-state index contributed by atoms with van der Waals surface area (Å²) in [7, 11) is 0. The van der Waals surface area contributed by atoms with Gasteiger partial charge in [-0.3, -0.25) is 14.2 Å². The van der Waals surface area contributed by atoms with Crippen LogP contribution in [0.3, 0.4) is 0 Å². The Balaban J connectivity index is 2.31. The zero-order valence-electron chi connectivity index (χ0n) is 15.2. The molecule has 26 heavy (non-hydrogen) atoms. The summed E-state index contributed by atoms with van der Waals surface area (Å²) in [6.07, 6.45) is 2.93. The monoisotopic (exact) mass is 375 g/mol. The fourth-order valence-corrected chi connectivity index (χ4v) is 2.86. The number of aromatic nitrogens is 2. The number of esters is 1. The number of benzene rings is 1. The maximum atomic E-state index is 12.6. The zero-order chi connectivity index (χ0) is 19.3. The third kappa shape index (κ3) is 4.51. The number of rotatable bonds is 6. The van der Waals surface area contributed by atoms with Crippen molar-refractivity contribution in [1.82, 2.24) is 9.55 Å². The van der Waals surface area contributed by atoms with Gasteiger partial charge in [0, 0.05) is 5.69 Å². The predicted octanol–water partition coefficient (Wildman–Crippen LogP) is 2.40. The molecule has 138 valence electrons. The van der Waals surface area contributed by atoms with Gasteiger partial charge in [0.05, 0.1) is 12.8 Å². The third-order valence-electron chi connectivity index (χ3n) is 3.66. The number of carbonyl (C=O) groups excluding carboxylic acids is 2. The normalized spacial score (nSPS) is 10.5. The van der Waals surface area contributed by atoms with E-state index in [-0.39, 0.29) is 24.6 Å². The number of hydrogen-bond acceptors (Lipinski definition) is 6. The van der Waals surface area contributed by atoms with Crippen LogP contribution in [0.2, 0.25) is 0 Å². The highest BCUT2D eigenvalue weighted by Crippen LogP contribution is 2.17. The van der Waals surface area contributed by atoms with E-state index >= 15 is 0 Å². The van der Waals surface area contributed by atoms with Crippen molar-refractivity contribution in [3.05, 3.63) is 51.4 Å². The lowest BCUT2D eigenvalue weighted by molar-refractivity contribution is -0.116. The summed E-state index contributed by atoms with van der Waals surface area (Å²) >= 11 is 1.22. The van der Waals surface area contributed by atoms with Gasteiger partial charge in [0.1, 0.15) is 12.1 Å². The molecule has 0 spiro atoms. The fourth-order valence-electron chi connectivity index (χ4n) is 2.33. The van der Waals surface area contributed by atoms with Gasteiger partial charge in [0.15, 0.2) is 5.16 Å². The first-order valence-electron chi connectivity index (χ1n) is 8.05. The van der Waals surface area contributed by atoms with Gasteiger partial charge in [-0.1, -0.05) is 23.9 Å². The molecule has 2 rings (SSSR count). The van der Waals surface area contributed by atoms with Crippen LogP contribution in [0.4, 0.5) is 5.69 Å². The topological polar surface area (TPSA) is 90.3 Å². The van der Waals surface area contributed by atoms with Crippen molar-refractivity contribution in [1.29, 1.82) is 0 Å². The summed E-state index contributed by atoms with van der Waals surface area (Å²) < 4.78 is 6.05. The van der Waals surface area contributed by atoms with Gasteiger partial charge in [-0.25, -0.2) is 9.78 Å². The van der Waals surface area contributed by atoms with E-state index in [1.165, 1.54) is 22.5 Å². The molecule has 1 N–H and O–H groups in total. The Labute approximate surface area is 155 Å². The minimum atomic E-state index is -0.749. The smallest absolute Gasteiger partial charge is 0.345 e. The molecular formula is C18H21N3O4S. The number of thioether (sulfide) groups is 1. The molecule has 1 heterocycles. The molecule has 8 heteroatoms. The number of amides is 1. The van der Waals surface area contributed by atoms with Gasteiger partial charge in [0.25, 0.3) is 5.56 Å². The largest absolute Gasteiger partial charge is 0.462 e. The number of nitrogens with one attached hydrogen (secondary N) is 1. The number of aryl methyl sites for hydroxylation is 2. The van der Waals surface area contributed by atoms with Gasteiger partial charge >= 0.3 is 5.97 Å². The van der Waals surface area contributed by atoms with Crippen LogP contribution in [-0.4, -0.2) is 34.3 Å². The Morgan fingerprint density at radius 2 is 2.04 bits per heavy atom. The maximum absolute atomic E-state index is 12.6. The highest BCUT2D eigenvalue weighted by molar-refractivity contribution is 7.98. The number of ether oxygens (including phenoxy) is 1. The van der Waals surface area contributed by atoms with E-state index in [9.17, 15) is 14.4 Å². The lowest BCUT2D eigenvalue weighted by atomic mass is 10.1. The molecule has 0 bridgehead atoms. The Bertz CT molecular complexity index is 892. The van der Waals surface area contributed by atoms with Crippen LogP contribution in [0.25, 0.3) is 0 Å². The quantitative estimate of drug-likeness (QED) is 0.474. The van der Waals surface area contributed by atoms with Crippen LogP contribution < -0.4 is 10.9 Å². The molecular weight excluding hydrogens is 354 g/mol. The van der Waals surface area contributed by atoms with Crippen LogP contribution in [0.15, 0.2) is 34.3 Å². The molecule has 1 amide bonds. The summed E-state index contributed by atoms with van der Waals surface area (Å²) in [6.45, 7) is 5.37. The van der Waals surface area contributed by atoms with Gasteiger partial charge in [-0.2, -0.15) is 0 Å². The van der Waals surface area contributed by atoms with Gasteiger partial charge in [-0.05, 0) is 44.2 Å². The van der Waals surface area contributed by atoms with Crippen molar-refractivity contribution >= 4 is 29.3 Å². The Kier molecular flexibility index (Phi) is 6.57. The highest BCUT2D eigenvalue weighted by atomic mass is 32.2. The van der Waals surface area contributed by atoms with Crippen molar-refractivity contribution in [2.75, 3.05) is 18.2 Å². The van der Waals surface area contributed by atoms with Crippen LogP contribution >= 0.6 is 11.8 Å². The Morgan fingerprint density at radius 1 is 1.31 bits per heavy atom. The van der Waals surface area contributed by atoms with E-state index in [1.807, 2.05) is 32.0 Å². The summed E-state index contributed by atoms with van der Waals surface area (Å²) in [5.41, 5.74) is 1.82. The predicted molar refractivity (Wildman–Crippen MR) is 101 cm³/mol. The minimum absolute atomic E-state index is 0.148. The van der Waals surface area contributed by atoms with Gasteiger partial charge < -0.3 is 10.1 Å². The third-order valence-corrected chi connectivity index (χ3v) is 4.35. The standard InChI is InChI=1S/C18H21N3O4S/c1-5-25-17(24)13-9-19-18(26-4)21(16(13)23)10-15(22)20-14-8-11(2)6-7-12(14)3/h6-9H,5,10H2,1-4H3,(H,20,22). The molecule has 0 saturated heterocycles. The molecule has 0 aliphatic carbocycles. The molecule has 0 aliphatic heterocycles. The molecule has 0 aliphatic rings. The fraction of sp³-hybridized carbons (Fsp3) is 0.333. The first-order valence-corrected chi connectivity index (χ1v) is 9.27. The lowest BCUT2D eigenvalue weighted by Crippen LogP contribution is -2.33. The Morgan fingerprint density at radius 3 is 2.69 bits per heavy atom. The van der Waals surface area contributed by atoms with Crippen LogP contribution in [0.1, 0.15) is 28.4 Å². The molecule has 0 fully saturated rings. The van der Waals surface area contributed by atoms with E-state index in [1.54, 1.807) is 13.2 Å². The first-order chi connectivity index (χ1) is 12.4. The summed E-state index contributed by atoms with van der Waals surface area (Å²) in [5.74, 6) is -1.12. The van der Waals surface area contributed by atoms with Crippen molar-refractivity contribution in [3.8, 4) is 0 Å². The second-order valence-electron chi connectivity index (χ2n) is 5.64. The zero-order valence-corrected chi connectivity index (χ0v) is 16.0. The second kappa shape index (κ2) is 8.66. The summed E-state index contributed by atoms with van der Waals surface area (Å²) in [5, 5.41) is 3.15.